The van der Waals surface area contributed by atoms with Crippen LogP contribution >= 0.6 is 0 Å². The predicted molar refractivity (Wildman–Crippen MR) is 83.0 cm³/mol. The van der Waals surface area contributed by atoms with E-state index in [-0.39, 0.29) is 18.0 Å². The molecular weight excluding hydrogens is 310 g/mol. The highest BCUT2D eigenvalue weighted by Crippen LogP contribution is 2.30. The van der Waals surface area contributed by atoms with Crippen molar-refractivity contribution in [2.24, 2.45) is 0 Å². The highest BCUT2D eigenvalue weighted by molar-refractivity contribution is 5.97. The maximum absolute atomic E-state index is 12.7. The third-order valence-corrected chi connectivity index (χ3v) is 4.73. The SMILES string of the molecule is CN(C(=O)c1ccc2nonc2c1)C1CCC(n2ncnn2)CC1. The minimum atomic E-state index is -0.0118. The number of rotatable bonds is 3. The second-order valence-corrected chi connectivity index (χ2v) is 6.10. The monoisotopic (exact) mass is 327 g/mol. The third kappa shape index (κ3) is 2.61. The lowest BCUT2D eigenvalue weighted by molar-refractivity contribution is 0.0671. The molecule has 1 saturated carbocycles. The van der Waals surface area contributed by atoms with E-state index in [1.807, 2.05) is 11.9 Å². The van der Waals surface area contributed by atoms with Gasteiger partial charge in [-0.15, -0.1) is 10.2 Å². The Kier molecular flexibility index (Phi) is 3.68. The van der Waals surface area contributed by atoms with E-state index >= 15 is 0 Å². The van der Waals surface area contributed by atoms with Crippen molar-refractivity contribution in [2.75, 3.05) is 7.05 Å². The lowest BCUT2D eigenvalue weighted by Gasteiger charge is -2.34. The molecule has 2 aromatic heterocycles. The quantitative estimate of drug-likeness (QED) is 0.717. The van der Waals surface area contributed by atoms with Gasteiger partial charge in [0.25, 0.3) is 5.91 Å². The molecule has 1 aromatic carbocycles. The molecule has 9 nitrogen and oxygen atoms in total. The second-order valence-electron chi connectivity index (χ2n) is 6.10. The van der Waals surface area contributed by atoms with Crippen LogP contribution in [-0.4, -0.2) is 54.4 Å². The summed E-state index contributed by atoms with van der Waals surface area (Å²) in [4.78, 5) is 16.2. The minimum absolute atomic E-state index is 0.0118. The number of amides is 1. The number of nitrogens with zero attached hydrogens (tertiary/aromatic N) is 7. The molecule has 0 saturated heterocycles. The highest BCUT2D eigenvalue weighted by Gasteiger charge is 2.28. The molecule has 0 atom stereocenters. The molecule has 0 radical (unpaired) electrons. The molecule has 0 unspecified atom stereocenters. The van der Waals surface area contributed by atoms with Gasteiger partial charge >= 0.3 is 0 Å². The Hall–Kier alpha value is -2.84. The van der Waals surface area contributed by atoms with E-state index in [1.165, 1.54) is 6.33 Å². The van der Waals surface area contributed by atoms with Gasteiger partial charge in [0.1, 0.15) is 11.0 Å². The van der Waals surface area contributed by atoms with Crippen LogP contribution in [0.3, 0.4) is 0 Å². The van der Waals surface area contributed by atoms with Crippen molar-refractivity contribution in [1.82, 2.24) is 35.4 Å². The number of fused-ring (bicyclic) bond motifs is 1. The van der Waals surface area contributed by atoms with Crippen LogP contribution in [0.25, 0.3) is 11.0 Å². The van der Waals surface area contributed by atoms with Crippen LogP contribution in [0.1, 0.15) is 42.1 Å². The Morgan fingerprint density at radius 3 is 2.75 bits per heavy atom. The van der Waals surface area contributed by atoms with Crippen molar-refractivity contribution in [3.63, 3.8) is 0 Å². The van der Waals surface area contributed by atoms with Gasteiger partial charge in [-0.25, -0.2) is 4.63 Å². The number of hydrogen-bond acceptors (Lipinski definition) is 7. The minimum Gasteiger partial charge on any atom is -0.339 e. The van der Waals surface area contributed by atoms with Gasteiger partial charge in [-0.1, -0.05) is 0 Å². The fourth-order valence-corrected chi connectivity index (χ4v) is 3.30. The molecule has 9 heteroatoms. The first-order valence-electron chi connectivity index (χ1n) is 7.94. The first-order chi connectivity index (χ1) is 11.7. The fourth-order valence-electron chi connectivity index (χ4n) is 3.30. The summed E-state index contributed by atoms with van der Waals surface area (Å²) in [5.74, 6) is -0.0118. The first-order valence-corrected chi connectivity index (χ1v) is 7.94. The predicted octanol–water partition coefficient (Wildman–Crippen LogP) is 1.47. The smallest absolute Gasteiger partial charge is 0.253 e. The van der Waals surface area contributed by atoms with E-state index in [1.54, 1.807) is 23.0 Å². The number of benzene rings is 1. The summed E-state index contributed by atoms with van der Waals surface area (Å²) in [5, 5.41) is 19.4. The largest absolute Gasteiger partial charge is 0.339 e. The number of hydrogen-bond donors (Lipinski definition) is 0. The Morgan fingerprint density at radius 2 is 2.00 bits per heavy atom. The molecule has 3 aromatic rings. The molecule has 4 rings (SSSR count). The van der Waals surface area contributed by atoms with Gasteiger partial charge in [0.15, 0.2) is 6.33 Å². The molecule has 1 amide bonds. The van der Waals surface area contributed by atoms with Crippen LogP contribution in [0.2, 0.25) is 0 Å². The van der Waals surface area contributed by atoms with Crippen molar-refractivity contribution in [3.8, 4) is 0 Å². The number of tetrazole rings is 1. The Bertz CT molecular complexity index is 837. The lowest BCUT2D eigenvalue weighted by Crippen LogP contribution is -2.40. The van der Waals surface area contributed by atoms with Crippen LogP contribution in [0.4, 0.5) is 0 Å². The molecule has 0 aliphatic heterocycles. The van der Waals surface area contributed by atoms with Crippen molar-refractivity contribution in [3.05, 3.63) is 30.1 Å². The average molecular weight is 327 g/mol. The Morgan fingerprint density at radius 1 is 1.21 bits per heavy atom. The maximum atomic E-state index is 12.7. The molecule has 1 aliphatic rings. The van der Waals surface area contributed by atoms with E-state index < -0.39 is 0 Å². The van der Waals surface area contributed by atoms with Gasteiger partial charge in [0.05, 0.1) is 6.04 Å². The zero-order chi connectivity index (χ0) is 16.5. The van der Waals surface area contributed by atoms with Crippen molar-refractivity contribution >= 4 is 16.9 Å². The fraction of sp³-hybridized carbons (Fsp3) is 0.467. The summed E-state index contributed by atoms with van der Waals surface area (Å²) in [7, 11) is 1.85. The zero-order valence-corrected chi connectivity index (χ0v) is 13.2. The molecule has 0 N–H and O–H groups in total. The Balaban J connectivity index is 1.43. The number of carbonyl (C=O) groups is 1. The van der Waals surface area contributed by atoms with Crippen LogP contribution in [0.5, 0.6) is 0 Å². The van der Waals surface area contributed by atoms with Gasteiger partial charge in [0.2, 0.25) is 0 Å². The Labute approximate surface area is 137 Å². The summed E-state index contributed by atoms with van der Waals surface area (Å²) in [6, 6.07) is 5.71. The first kappa shape index (κ1) is 14.7. The van der Waals surface area contributed by atoms with Gasteiger partial charge in [0, 0.05) is 18.7 Å². The van der Waals surface area contributed by atoms with E-state index in [2.05, 4.69) is 30.4 Å². The van der Waals surface area contributed by atoms with Crippen LogP contribution in [-0.2, 0) is 0 Å². The summed E-state index contributed by atoms with van der Waals surface area (Å²) in [6.45, 7) is 0. The summed E-state index contributed by atoms with van der Waals surface area (Å²) in [5.41, 5.74) is 1.84. The second kappa shape index (κ2) is 5.99. The third-order valence-electron chi connectivity index (χ3n) is 4.73. The molecule has 1 fully saturated rings. The van der Waals surface area contributed by atoms with Gasteiger partial charge in [-0.3, -0.25) is 4.79 Å². The zero-order valence-electron chi connectivity index (χ0n) is 13.2. The van der Waals surface area contributed by atoms with E-state index in [4.69, 9.17) is 0 Å². The number of carbonyl (C=O) groups excluding carboxylic acids is 1. The molecule has 2 heterocycles. The standard InChI is InChI=1S/C15H17N7O2/c1-21(11-3-5-12(6-4-11)22-17-9-16-20-22)15(23)10-2-7-13-14(8-10)19-24-18-13/h2,7-9,11-12H,3-6H2,1H3. The van der Waals surface area contributed by atoms with Crippen LogP contribution in [0.15, 0.2) is 29.2 Å². The molecule has 124 valence electrons. The number of aromatic nitrogens is 6. The average Bonchev–Trinajstić information content (AvgIpc) is 3.31. The summed E-state index contributed by atoms with van der Waals surface area (Å²) in [6.07, 6.45) is 5.16. The van der Waals surface area contributed by atoms with Gasteiger partial charge < -0.3 is 4.90 Å². The molecule has 0 bridgehead atoms. The van der Waals surface area contributed by atoms with E-state index in [9.17, 15) is 4.79 Å². The van der Waals surface area contributed by atoms with Crippen LogP contribution < -0.4 is 0 Å². The molecule has 0 spiro atoms. The lowest BCUT2D eigenvalue weighted by atomic mass is 9.90. The van der Waals surface area contributed by atoms with Gasteiger partial charge in [-0.2, -0.15) is 4.80 Å². The summed E-state index contributed by atoms with van der Waals surface area (Å²) >= 11 is 0. The molecule has 24 heavy (non-hydrogen) atoms. The normalized spacial score (nSPS) is 21.0. The van der Waals surface area contributed by atoms with E-state index in [0.29, 0.717) is 16.6 Å². The van der Waals surface area contributed by atoms with Crippen LogP contribution in [0, 0.1) is 0 Å². The molecule has 1 aliphatic carbocycles. The van der Waals surface area contributed by atoms with Crippen molar-refractivity contribution in [1.29, 1.82) is 0 Å². The molecular formula is C15H17N7O2. The topological polar surface area (TPSA) is 103 Å². The maximum Gasteiger partial charge on any atom is 0.253 e. The van der Waals surface area contributed by atoms with Gasteiger partial charge in [-0.05, 0) is 59.4 Å². The van der Waals surface area contributed by atoms with E-state index in [0.717, 1.165) is 25.7 Å². The summed E-state index contributed by atoms with van der Waals surface area (Å²) < 4.78 is 4.68. The van der Waals surface area contributed by atoms with Crippen molar-refractivity contribution < 1.29 is 9.42 Å². The van der Waals surface area contributed by atoms with Crippen molar-refractivity contribution in [2.45, 2.75) is 37.8 Å². The highest BCUT2D eigenvalue weighted by atomic mass is 16.6.